The van der Waals surface area contributed by atoms with Gasteiger partial charge in [0.2, 0.25) is 5.78 Å². The monoisotopic (exact) mass is 320 g/mol. The summed E-state index contributed by atoms with van der Waals surface area (Å²) >= 11 is 0. The highest BCUT2D eigenvalue weighted by Crippen LogP contribution is 2.63. The van der Waals surface area contributed by atoms with E-state index in [0.29, 0.717) is 11.1 Å². The number of hydrogen-bond donors (Lipinski definition) is 1. The Morgan fingerprint density at radius 1 is 1.22 bits per heavy atom. The van der Waals surface area contributed by atoms with Crippen LogP contribution in [0.2, 0.25) is 0 Å². The second-order valence-corrected chi connectivity index (χ2v) is 6.77. The van der Waals surface area contributed by atoms with Gasteiger partial charge in [-0.3, -0.25) is 9.59 Å². The van der Waals surface area contributed by atoms with E-state index >= 15 is 0 Å². The molecule has 1 N–H and O–H groups in total. The fourth-order valence-corrected chi connectivity index (χ4v) is 4.50. The number of esters is 2. The highest BCUT2D eigenvalue weighted by Gasteiger charge is 2.83. The predicted molar refractivity (Wildman–Crippen MR) is 73.5 cm³/mol. The van der Waals surface area contributed by atoms with Crippen molar-refractivity contribution in [2.75, 3.05) is 0 Å². The summed E-state index contributed by atoms with van der Waals surface area (Å²) in [4.78, 5) is 37.1. The van der Waals surface area contributed by atoms with E-state index < -0.39 is 40.8 Å². The van der Waals surface area contributed by atoms with E-state index in [1.807, 2.05) is 0 Å². The summed E-state index contributed by atoms with van der Waals surface area (Å²) in [5.74, 6) is -6.05. The van der Waals surface area contributed by atoms with Gasteiger partial charge in [0, 0.05) is 24.0 Å². The zero-order valence-electron chi connectivity index (χ0n) is 12.9. The van der Waals surface area contributed by atoms with Gasteiger partial charge in [0.25, 0.3) is 5.79 Å². The Kier molecular flexibility index (Phi) is 2.41. The average molecular weight is 320 g/mol. The molecule has 4 rings (SSSR count). The quantitative estimate of drug-likeness (QED) is 0.644. The van der Waals surface area contributed by atoms with E-state index in [1.54, 1.807) is 20.8 Å². The van der Waals surface area contributed by atoms with Gasteiger partial charge in [-0.1, -0.05) is 6.92 Å². The molecule has 1 spiro atoms. The first kappa shape index (κ1) is 14.4. The number of rotatable bonds is 0. The van der Waals surface area contributed by atoms with Crippen molar-refractivity contribution >= 4 is 17.7 Å². The Balaban J connectivity index is 1.96. The summed E-state index contributed by atoms with van der Waals surface area (Å²) in [5.41, 5.74) is -2.31. The van der Waals surface area contributed by atoms with Crippen LogP contribution in [0.3, 0.4) is 0 Å². The molecular formula is C16H16O7. The van der Waals surface area contributed by atoms with Crippen LogP contribution in [0.5, 0.6) is 0 Å². The fourth-order valence-electron chi connectivity index (χ4n) is 4.50. The van der Waals surface area contributed by atoms with E-state index in [0.717, 1.165) is 0 Å². The molecule has 5 atom stereocenters. The smallest absolute Gasteiger partial charge is 0.333 e. The van der Waals surface area contributed by atoms with Crippen molar-refractivity contribution in [3.63, 3.8) is 0 Å². The van der Waals surface area contributed by atoms with Crippen molar-refractivity contribution in [1.82, 2.24) is 0 Å². The number of fused-ring (bicyclic) bond motifs is 1. The number of hydrogen-bond acceptors (Lipinski definition) is 7. The molecule has 0 aromatic rings. The van der Waals surface area contributed by atoms with Crippen molar-refractivity contribution in [3.8, 4) is 0 Å². The van der Waals surface area contributed by atoms with Crippen LogP contribution in [0, 0.1) is 11.8 Å². The first-order valence-electron chi connectivity index (χ1n) is 7.45. The van der Waals surface area contributed by atoms with Crippen LogP contribution in [-0.2, 0) is 28.6 Å². The molecule has 3 aliphatic heterocycles. The van der Waals surface area contributed by atoms with E-state index in [2.05, 4.69) is 0 Å². The normalized spacial score (nSPS) is 47.6. The third-order valence-corrected chi connectivity index (χ3v) is 5.61. The largest absolute Gasteiger partial charge is 0.485 e. The van der Waals surface area contributed by atoms with Gasteiger partial charge >= 0.3 is 11.9 Å². The number of ether oxygens (including phenoxy) is 3. The lowest BCUT2D eigenvalue weighted by molar-refractivity contribution is -0.304. The van der Waals surface area contributed by atoms with Crippen molar-refractivity contribution in [2.24, 2.45) is 11.8 Å². The maximum atomic E-state index is 12.7. The molecule has 1 saturated carbocycles. The molecule has 122 valence electrons. The van der Waals surface area contributed by atoms with E-state index in [9.17, 15) is 19.5 Å². The lowest BCUT2D eigenvalue weighted by Gasteiger charge is -2.53. The molecule has 2 bridgehead atoms. The SMILES string of the molecule is CC1=CO[C@]2(C1=O)[C@H](C)C[C@@]13OC(=O)[C@@H]2[C@]1(O)OC(=O)C=C3C. The molecule has 0 aromatic carbocycles. The minimum atomic E-state index is -2.25. The molecule has 0 radical (unpaired) electrons. The highest BCUT2D eigenvalue weighted by molar-refractivity contribution is 6.07. The minimum Gasteiger partial charge on any atom is -0.485 e. The molecule has 1 saturated heterocycles. The molecule has 2 fully saturated rings. The van der Waals surface area contributed by atoms with Gasteiger partial charge in [0.1, 0.15) is 0 Å². The third kappa shape index (κ3) is 1.30. The molecule has 0 amide bonds. The van der Waals surface area contributed by atoms with Gasteiger partial charge in [0.15, 0.2) is 17.1 Å². The van der Waals surface area contributed by atoms with Gasteiger partial charge in [-0.25, -0.2) is 4.79 Å². The van der Waals surface area contributed by atoms with Gasteiger partial charge < -0.3 is 19.3 Å². The second-order valence-electron chi connectivity index (χ2n) is 6.77. The zero-order valence-corrected chi connectivity index (χ0v) is 12.9. The molecule has 4 aliphatic rings. The molecule has 1 aliphatic carbocycles. The average Bonchev–Trinajstić information content (AvgIpc) is 2.80. The number of carbonyl (C=O) groups is 3. The molecule has 3 heterocycles. The van der Waals surface area contributed by atoms with Crippen LogP contribution in [0.15, 0.2) is 23.5 Å². The molecule has 0 aromatic heterocycles. The Hall–Kier alpha value is -2.15. The summed E-state index contributed by atoms with van der Waals surface area (Å²) in [6.45, 7) is 4.95. The van der Waals surface area contributed by atoms with Gasteiger partial charge in [-0.2, -0.15) is 0 Å². The Morgan fingerprint density at radius 3 is 2.52 bits per heavy atom. The Bertz CT molecular complexity index is 735. The Labute approximate surface area is 131 Å². The van der Waals surface area contributed by atoms with Crippen molar-refractivity contribution in [2.45, 2.75) is 44.2 Å². The maximum absolute atomic E-state index is 12.7. The summed E-state index contributed by atoms with van der Waals surface area (Å²) in [6.07, 6.45) is 2.61. The van der Waals surface area contributed by atoms with E-state index in [1.165, 1.54) is 12.3 Å². The topological polar surface area (TPSA) is 99.1 Å². The minimum absolute atomic E-state index is 0.119. The van der Waals surface area contributed by atoms with Crippen molar-refractivity contribution in [3.05, 3.63) is 23.5 Å². The second kappa shape index (κ2) is 3.84. The molecule has 0 unspecified atom stereocenters. The van der Waals surface area contributed by atoms with E-state index in [-0.39, 0.29) is 12.2 Å². The van der Waals surface area contributed by atoms with Crippen LogP contribution in [0.1, 0.15) is 27.2 Å². The summed E-state index contributed by atoms with van der Waals surface area (Å²) < 4.78 is 16.3. The van der Waals surface area contributed by atoms with Crippen LogP contribution in [0.25, 0.3) is 0 Å². The van der Waals surface area contributed by atoms with E-state index in [4.69, 9.17) is 14.2 Å². The first-order valence-corrected chi connectivity index (χ1v) is 7.45. The van der Waals surface area contributed by atoms with Crippen LogP contribution in [-0.4, -0.2) is 39.8 Å². The van der Waals surface area contributed by atoms with Gasteiger partial charge in [0.05, 0.1) is 6.26 Å². The fraction of sp³-hybridized carbons (Fsp3) is 0.562. The van der Waals surface area contributed by atoms with Gasteiger partial charge in [-0.05, 0) is 19.4 Å². The number of carbonyl (C=O) groups excluding carboxylic acids is 3. The molecule has 23 heavy (non-hydrogen) atoms. The van der Waals surface area contributed by atoms with Crippen molar-refractivity contribution in [1.29, 1.82) is 0 Å². The van der Waals surface area contributed by atoms with Gasteiger partial charge in [-0.15, -0.1) is 0 Å². The predicted octanol–water partition coefficient (Wildman–Crippen LogP) is 0.372. The number of aliphatic hydroxyl groups is 1. The first-order chi connectivity index (χ1) is 10.7. The third-order valence-electron chi connectivity index (χ3n) is 5.61. The summed E-state index contributed by atoms with van der Waals surface area (Å²) in [5, 5.41) is 11.2. The summed E-state index contributed by atoms with van der Waals surface area (Å²) in [6, 6.07) is 0. The number of ketones is 1. The van der Waals surface area contributed by atoms with Crippen LogP contribution in [0.4, 0.5) is 0 Å². The lowest BCUT2D eigenvalue weighted by atomic mass is 9.58. The van der Waals surface area contributed by atoms with Crippen molar-refractivity contribution < 1.29 is 33.7 Å². The highest BCUT2D eigenvalue weighted by atomic mass is 16.7. The standard InChI is InChI=1S/C16H16O7/c1-7-6-21-15(12(7)18)9(3)5-14-8(2)4-10(17)22-16(14,20)11(15)13(19)23-14/h4,6,9,11,20H,5H2,1-3H3/t9-,11+,14+,15-,16+/m1/s1. The molecular weight excluding hydrogens is 304 g/mol. The van der Waals surface area contributed by atoms with Crippen LogP contribution < -0.4 is 0 Å². The summed E-state index contributed by atoms with van der Waals surface area (Å²) in [7, 11) is 0. The lowest BCUT2D eigenvalue weighted by Crippen LogP contribution is -2.72. The number of Topliss-reactive ketones (excluding diaryl/α,β-unsaturated/α-hetero) is 1. The maximum Gasteiger partial charge on any atom is 0.333 e. The zero-order chi connectivity index (χ0) is 16.8. The molecule has 7 heteroatoms. The molecule has 7 nitrogen and oxygen atoms in total. The van der Waals surface area contributed by atoms with Crippen LogP contribution >= 0.6 is 0 Å². The Morgan fingerprint density at radius 2 is 1.91 bits per heavy atom.